The summed E-state index contributed by atoms with van der Waals surface area (Å²) < 4.78 is 10.1. The predicted octanol–water partition coefficient (Wildman–Crippen LogP) is 1.12. The van der Waals surface area contributed by atoms with Crippen LogP contribution in [0.1, 0.15) is 42.4 Å². The average Bonchev–Trinajstić information content (AvgIpc) is 2.75. The van der Waals surface area contributed by atoms with E-state index in [9.17, 15) is 4.79 Å². The molecule has 13 heavy (non-hydrogen) atoms. The van der Waals surface area contributed by atoms with Gasteiger partial charge < -0.3 is 9.26 Å². The maximum Gasteiger partial charge on any atom is 0.293 e. The van der Waals surface area contributed by atoms with Crippen LogP contribution in [0.2, 0.25) is 0 Å². The number of ether oxygens (including phenoxy) is 1. The molecule has 1 aromatic heterocycles. The Labute approximate surface area is 75.1 Å². The number of carbonyl (C=O) groups is 1. The van der Waals surface area contributed by atoms with Crippen molar-refractivity contribution in [3.05, 3.63) is 11.7 Å². The first kappa shape index (κ1) is 8.37. The highest BCUT2D eigenvalue weighted by atomic mass is 16.5. The van der Waals surface area contributed by atoms with Crippen LogP contribution in [0.25, 0.3) is 0 Å². The lowest BCUT2D eigenvalue weighted by molar-refractivity contribution is 0.0969. The van der Waals surface area contributed by atoms with Gasteiger partial charge in [0.1, 0.15) is 6.10 Å². The molecular formula is C8H10N2O3. The van der Waals surface area contributed by atoms with E-state index in [1.807, 2.05) is 0 Å². The average molecular weight is 182 g/mol. The molecule has 1 saturated heterocycles. The summed E-state index contributed by atoms with van der Waals surface area (Å²) in [6.45, 7) is 2.13. The molecule has 0 radical (unpaired) electrons. The van der Waals surface area contributed by atoms with Crippen molar-refractivity contribution in [2.24, 2.45) is 0 Å². The SMILES string of the molecule is CC(=O)c1nc(C2CCCO2)no1. The molecular weight excluding hydrogens is 172 g/mol. The van der Waals surface area contributed by atoms with Gasteiger partial charge in [-0.3, -0.25) is 4.79 Å². The number of hydrogen-bond acceptors (Lipinski definition) is 5. The van der Waals surface area contributed by atoms with Crippen LogP contribution in [-0.2, 0) is 4.74 Å². The number of hydrogen-bond donors (Lipinski definition) is 0. The summed E-state index contributed by atoms with van der Waals surface area (Å²) in [7, 11) is 0. The molecule has 1 fully saturated rings. The fraction of sp³-hybridized carbons (Fsp3) is 0.625. The zero-order chi connectivity index (χ0) is 9.26. The smallest absolute Gasteiger partial charge is 0.293 e. The van der Waals surface area contributed by atoms with E-state index < -0.39 is 0 Å². The molecule has 0 bridgehead atoms. The maximum absolute atomic E-state index is 10.8. The van der Waals surface area contributed by atoms with Gasteiger partial charge in [-0.05, 0) is 12.8 Å². The summed E-state index contributed by atoms with van der Waals surface area (Å²) in [6.07, 6.45) is 1.82. The second-order valence-electron chi connectivity index (χ2n) is 3.02. The van der Waals surface area contributed by atoms with Gasteiger partial charge in [-0.25, -0.2) is 0 Å². The largest absolute Gasteiger partial charge is 0.370 e. The first-order valence-electron chi connectivity index (χ1n) is 4.23. The van der Waals surface area contributed by atoms with Crippen molar-refractivity contribution in [3.8, 4) is 0 Å². The molecule has 5 nitrogen and oxygen atoms in total. The van der Waals surface area contributed by atoms with Crippen LogP contribution in [0, 0.1) is 0 Å². The third kappa shape index (κ3) is 1.60. The molecule has 1 aromatic rings. The second-order valence-corrected chi connectivity index (χ2v) is 3.02. The molecule has 0 aromatic carbocycles. The van der Waals surface area contributed by atoms with E-state index in [0.29, 0.717) is 5.82 Å². The molecule has 1 unspecified atom stereocenters. The number of carbonyl (C=O) groups excluding carboxylic acids is 1. The van der Waals surface area contributed by atoms with Crippen molar-refractivity contribution >= 4 is 5.78 Å². The van der Waals surface area contributed by atoms with E-state index in [1.165, 1.54) is 6.92 Å². The first-order chi connectivity index (χ1) is 6.27. The molecule has 70 valence electrons. The van der Waals surface area contributed by atoms with Crippen LogP contribution in [-0.4, -0.2) is 22.5 Å². The van der Waals surface area contributed by atoms with E-state index in [-0.39, 0.29) is 17.8 Å². The molecule has 1 aliphatic heterocycles. The Bertz CT molecular complexity index is 315. The topological polar surface area (TPSA) is 65.2 Å². The Morgan fingerprint density at radius 2 is 2.46 bits per heavy atom. The van der Waals surface area contributed by atoms with Crippen molar-refractivity contribution in [2.75, 3.05) is 6.61 Å². The monoisotopic (exact) mass is 182 g/mol. The third-order valence-corrected chi connectivity index (χ3v) is 1.96. The van der Waals surface area contributed by atoms with Gasteiger partial charge in [0.25, 0.3) is 5.89 Å². The molecule has 1 atom stereocenters. The Balaban J connectivity index is 2.16. The summed E-state index contributed by atoms with van der Waals surface area (Å²) in [6, 6.07) is 0. The third-order valence-electron chi connectivity index (χ3n) is 1.96. The molecule has 0 aliphatic carbocycles. The van der Waals surface area contributed by atoms with Crippen molar-refractivity contribution in [1.82, 2.24) is 10.1 Å². The van der Waals surface area contributed by atoms with Gasteiger partial charge in [-0.1, -0.05) is 5.16 Å². The number of aromatic nitrogens is 2. The quantitative estimate of drug-likeness (QED) is 0.641. The standard InChI is InChI=1S/C8H10N2O3/c1-5(11)8-9-7(10-13-8)6-3-2-4-12-6/h6H,2-4H2,1H3. The van der Waals surface area contributed by atoms with Crippen LogP contribution in [0.4, 0.5) is 0 Å². The molecule has 0 amide bonds. The minimum atomic E-state index is -0.211. The molecule has 1 aliphatic rings. The van der Waals surface area contributed by atoms with Crippen molar-refractivity contribution < 1.29 is 14.1 Å². The second kappa shape index (κ2) is 3.26. The summed E-state index contributed by atoms with van der Waals surface area (Å²) in [5.41, 5.74) is 0. The lowest BCUT2D eigenvalue weighted by Crippen LogP contribution is -1.99. The molecule has 5 heteroatoms. The van der Waals surface area contributed by atoms with Crippen molar-refractivity contribution in [3.63, 3.8) is 0 Å². The highest BCUT2D eigenvalue weighted by Crippen LogP contribution is 2.25. The zero-order valence-electron chi connectivity index (χ0n) is 7.32. The Morgan fingerprint density at radius 1 is 1.62 bits per heavy atom. The number of Topliss-reactive ketones (excluding diaryl/α,β-unsaturated/α-hetero) is 1. The molecule has 0 saturated carbocycles. The van der Waals surface area contributed by atoms with Gasteiger partial charge in [0.2, 0.25) is 11.6 Å². The van der Waals surface area contributed by atoms with Crippen LogP contribution >= 0.6 is 0 Å². The van der Waals surface area contributed by atoms with Gasteiger partial charge in [0.15, 0.2) is 0 Å². The number of nitrogens with zero attached hydrogens (tertiary/aromatic N) is 2. The first-order valence-corrected chi connectivity index (χ1v) is 4.23. The summed E-state index contributed by atoms with van der Waals surface area (Å²) >= 11 is 0. The molecule has 2 heterocycles. The fourth-order valence-electron chi connectivity index (χ4n) is 1.29. The van der Waals surface area contributed by atoms with Crippen LogP contribution in [0.5, 0.6) is 0 Å². The highest BCUT2D eigenvalue weighted by molar-refractivity contribution is 5.89. The number of rotatable bonds is 2. The zero-order valence-corrected chi connectivity index (χ0v) is 7.32. The Kier molecular flexibility index (Phi) is 2.10. The van der Waals surface area contributed by atoms with Gasteiger partial charge in [0.05, 0.1) is 0 Å². The molecule has 0 N–H and O–H groups in total. The van der Waals surface area contributed by atoms with Crippen LogP contribution in [0.15, 0.2) is 4.52 Å². The minimum Gasteiger partial charge on any atom is -0.370 e. The Hall–Kier alpha value is -1.23. The van der Waals surface area contributed by atoms with Gasteiger partial charge in [-0.2, -0.15) is 4.98 Å². The van der Waals surface area contributed by atoms with Gasteiger partial charge >= 0.3 is 0 Å². The van der Waals surface area contributed by atoms with Crippen LogP contribution < -0.4 is 0 Å². The lowest BCUT2D eigenvalue weighted by Gasteiger charge is -2.00. The molecule has 0 spiro atoms. The van der Waals surface area contributed by atoms with Crippen molar-refractivity contribution in [1.29, 1.82) is 0 Å². The summed E-state index contributed by atoms with van der Waals surface area (Å²) in [4.78, 5) is 14.8. The van der Waals surface area contributed by atoms with E-state index >= 15 is 0 Å². The fourth-order valence-corrected chi connectivity index (χ4v) is 1.29. The summed E-state index contributed by atoms with van der Waals surface area (Å²) in [5.74, 6) is 0.338. The van der Waals surface area contributed by atoms with E-state index in [4.69, 9.17) is 9.26 Å². The summed E-state index contributed by atoms with van der Waals surface area (Å²) in [5, 5.41) is 3.69. The van der Waals surface area contributed by atoms with E-state index in [0.717, 1.165) is 19.4 Å². The maximum atomic E-state index is 10.8. The van der Waals surface area contributed by atoms with E-state index in [2.05, 4.69) is 10.1 Å². The lowest BCUT2D eigenvalue weighted by atomic mass is 10.2. The number of ketones is 1. The Morgan fingerprint density at radius 3 is 3.00 bits per heavy atom. The highest BCUT2D eigenvalue weighted by Gasteiger charge is 2.23. The normalized spacial score (nSPS) is 22.1. The minimum absolute atomic E-state index is 0.0606. The predicted molar refractivity (Wildman–Crippen MR) is 42.2 cm³/mol. The van der Waals surface area contributed by atoms with Crippen molar-refractivity contribution in [2.45, 2.75) is 25.9 Å². The van der Waals surface area contributed by atoms with E-state index in [1.54, 1.807) is 0 Å². The van der Waals surface area contributed by atoms with Gasteiger partial charge in [0, 0.05) is 13.5 Å². The van der Waals surface area contributed by atoms with Crippen LogP contribution in [0.3, 0.4) is 0 Å². The van der Waals surface area contributed by atoms with Gasteiger partial charge in [-0.15, -0.1) is 0 Å². The molecule has 2 rings (SSSR count).